The van der Waals surface area contributed by atoms with E-state index in [1.54, 1.807) is 0 Å². The topological polar surface area (TPSA) is 15.3 Å². The van der Waals surface area contributed by atoms with Crippen molar-refractivity contribution in [1.29, 1.82) is 0 Å². The maximum atomic E-state index is 5.78. The molecule has 0 bridgehead atoms. The van der Waals surface area contributed by atoms with E-state index in [9.17, 15) is 0 Å². The summed E-state index contributed by atoms with van der Waals surface area (Å²) < 4.78 is 0. The van der Waals surface area contributed by atoms with E-state index in [2.05, 4.69) is 17.3 Å². The van der Waals surface area contributed by atoms with Gasteiger partial charge in [-0.15, -0.1) is 0 Å². The van der Waals surface area contributed by atoms with E-state index in [1.807, 2.05) is 7.05 Å². The van der Waals surface area contributed by atoms with Gasteiger partial charge in [0.1, 0.15) is 0 Å². The quantitative estimate of drug-likeness (QED) is 0.534. The lowest BCUT2D eigenvalue weighted by Crippen LogP contribution is -2.33. The Morgan fingerprint density at radius 1 is 1.70 bits per heavy atom. The van der Waals surface area contributed by atoms with Crippen molar-refractivity contribution < 1.29 is 0 Å². The molecule has 1 saturated heterocycles. The highest BCUT2D eigenvalue weighted by Crippen LogP contribution is 2.22. The largest absolute Gasteiger partial charge is 0.318 e. The predicted octanol–water partition coefficient (Wildman–Crippen LogP) is -0.133. The number of nitrogens with one attached hydrogen (secondary N) is 1. The van der Waals surface area contributed by atoms with Gasteiger partial charge in [0.05, 0.1) is 7.85 Å². The van der Waals surface area contributed by atoms with Crippen LogP contribution in [0.2, 0.25) is 5.82 Å². The molecule has 1 rings (SSSR count). The Bertz CT molecular complexity index is 108. The summed E-state index contributed by atoms with van der Waals surface area (Å²) in [5.41, 5.74) is 0. The van der Waals surface area contributed by atoms with E-state index in [4.69, 9.17) is 7.85 Å². The first-order valence-corrected chi connectivity index (χ1v) is 3.84. The van der Waals surface area contributed by atoms with Gasteiger partial charge in [0, 0.05) is 12.6 Å². The molecule has 1 heterocycles. The molecule has 0 aliphatic carbocycles. The molecule has 0 aromatic heterocycles. The number of likely N-dealkylation sites (N-methyl/N-ethyl adjacent to an activating group) is 2. The second-order valence-electron chi connectivity index (χ2n) is 3.15. The summed E-state index contributed by atoms with van der Waals surface area (Å²) in [4.78, 5) is 2.32. The van der Waals surface area contributed by atoms with E-state index in [1.165, 1.54) is 0 Å². The second kappa shape index (κ2) is 3.40. The minimum atomic E-state index is 0.392. The van der Waals surface area contributed by atoms with Crippen LogP contribution in [0.4, 0.5) is 0 Å². The summed E-state index contributed by atoms with van der Waals surface area (Å²) in [5, 5.41) is 3.16. The highest BCUT2D eigenvalue weighted by Gasteiger charge is 2.24. The van der Waals surface area contributed by atoms with Gasteiger partial charge in [0.25, 0.3) is 0 Å². The molecule has 2 nitrogen and oxygen atoms in total. The molecular weight excluding hydrogens is 123 g/mol. The average Bonchev–Trinajstić information content (AvgIpc) is 2.13. The van der Waals surface area contributed by atoms with E-state index in [-0.39, 0.29) is 0 Å². The third-order valence-electron chi connectivity index (χ3n) is 2.16. The monoisotopic (exact) mass is 138 g/mol. The van der Waals surface area contributed by atoms with E-state index in [0.717, 1.165) is 19.5 Å². The summed E-state index contributed by atoms with van der Waals surface area (Å²) >= 11 is 0. The highest BCUT2D eigenvalue weighted by molar-refractivity contribution is 6.12. The Balaban J connectivity index is 2.31. The van der Waals surface area contributed by atoms with E-state index >= 15 is 0 Å². The van der Waals surface area contributed by atoms with Crippen molar-refractivity contribution in [3.05, 3.63) is 0 Å². The molecule has 0 aromatic carbocycles. The minimum Gasteiger partial charge on any atom is -0.318 e. The molecule has 2 radical (unpaired) electrons. The zero-order valence-electron chi connectivity index (χ0n) is 6.80. The molecule has 1 N–H and O–H groups in total. The number of hydrogen-bond donors (Lipinski definition) is 1. The Morgan fingerprint density at radius 3 is 2.80 bits per heavy atom. The molecule has 2 atom stereocenters. The number of nitrogens with zero attached hydrogens (tertiary/aromatic N) is 1. The predicted molar refractivity (Wildman–Crippen MR) is 44.5 cm³/mol. The summed E-state index contributed by atoms with van der Waals surface area (Å²) in [6.45, 7) is 2.11. The van der Waals surface area contributed by atoms with Gasteiger partial charge >= 0.3 is 0 Å². The number of hydrogen-bond acceptors (Lipinski definition) is 2. The number of likely N-dealkylation sites (tertiary alicyclic amines) is 1. The van der Waals surface area contributed by atoms with Crippen LogP contribution in [-0.2, 0) is 0 Å². The summed E-state index contributed by atoms with van der Waals surface area (Å²) in [7, 11) is 9.89. The molecule has 0 spiro atoms. The van der Waals surface area contributed by atoms with Crippen molar-refractivity contribution >= 4 is 7.85 Å². The highest BCUT2D eigenvalue weighted by atomic mass is 15.2. The van der Waals surface area contributed by atoms with Crippen molar-refractivity contribution in [3.63, 3.8) is 0 Å². The normalized spacial score (nSPS) is 35.0. The molecule has 3 heteroatoms. The first kappa shape index (κ1) is 8.09. The van der Waals surface area contributed by atoms with Crippen LogP contribution in [0.1, 0.15) is 6.42 Å². The van der Waals surface area contributed by atoms with Crippen molar-refractivity contribution in [1.82, 2.24) is 10.2 Å². The molecule has 1 fully saturated rings. The molecule has 1 aliphatic heterocycles. The zero-order chi connectivity index (χ0) is 7.56. The van der Waals surface area contributed by atoms with Crippen molar-refractivity contribution in [2.24, 2.45) is 0 Å². The smallest absolute Gasteiger partial charge is 0.0717 e. The summed E-state index contributed by atoms with van der Waals surface area (Å²) in [5.74, 6) is 0.392. The van der Waals surface area contributed by atoms with Crippen LogP contribution in [0.5, 0.6) is 0 Å². The fourth-order valence-corrected chi connectivity index (χ4v) is 1.60. The molecule has 0 amide bonds. The summed E-state index contributed by atoms with van der Waals surface area (Å²) in [6, 6.07) is 0.653. The lowest BCUT2D eigenvalue weighted by molar-refractivity contribution is 0.305. The van der Waals surface area contributed by atoms with E-state index < -0.39 is 0 Å². The first-order chi connectivity index (χ1) is 4.74. The Hall–Kier alpha value is -0.0151. The second-order valence-corrected chi connectivity index (χ2v) is 3.15. The molecular formula is C7H15BN2. The van der Waals surface area contributed by atoms with Crippen LogP contribution in [0, 0.1) is 0 Å². The van der Waals surface area contributed by atoms with Gasteiger partial charge in [-0.2, -0.15) is 0 Å². The van der Waals surface area contributed by atoms with Crippen LogP contribution in [0.15, 0.2) is 0 Å². The third-order valence-corrected chi connectivity index (χ3v) is 2.16. The van der Waals surface area contributed by atoms with Crippen molar-refractivity contribution in [2.75, 3.05) is 27.2 Å². The molecule has 0 saturated carbocycles. The van der Waals surface area contributed by atoms with Crippen molar-refractivity contribution in [2.45, 2.75) is 18.3 Å². The maximum absolute atomic E-state index is 5.78. The van der Waals surface area contributed by atoms with E-state index in [0.29, 0.717) is 11.9 Å². The lowest BCUT2D eigenvalue weighted by Gasteiger charge is -2.18. The summed E-state index contributed by atoms with van der Waals surface area (Å²) in [6.07, 6.45) is 1.14. The van der Waals surface area contributed by atoms with Gasteiger partial charge in [-0.1, -0.05) is 5.82 Å². The standard InChI is InChI=1S/C7H15BN2/c1-9-4-7-3-6(8)5-10(7)2/h6-7,9H,3-5H2,1-2H3. The van der Waals surface area contributed by atoms with Gasteiger partial charge in [-0.05, 0) is 27.1 Å². The SMILES string of the molecule is [B]C1CC(CNC)N(C)C1. The Kier molecular flexibility index (Phi) is 2.75. The molecule has 2 unspecified atom stereocenters. The molecule has 1 aliphatic rings. The van der Waals surface area contributed by atoms with Crippen LogP contribution in [0.25, 0.3) is 0 Å². The molecule has 0 aromatic rings. The molecule has 56 valence electrons. The fraction of sp³-hybridized carbons (Fsp3) is 1.00. The average molecular weight is 138 g/mol. The van der Waals surface area contributed by atoms with Crippen LogP contribution < -0.4 is 5.32 Å². The Morgan fingerprint density at radius 2 is 2.40 bits per heavy atom. The van der Waals surface area contributed by atoms with Crippen LogP contribution >= 0.6 is 0 Å². The van der Waals surface area contributed by atoms with Crippen LogP contribution in [0.3, 0.4) is 0 Å². The van der Waals surface area contributed by atoms with Crippen LogP contribution in [-0.4, -0.2) is 46.0 Å². The van der Waals surface area contributed by atoms with Gasteiger partial charge < -0.3 is 10.2 Å². The van der Waals surface area contributed by atoms with Gasteiger partial charge in [0.15, 0.2) is 0 Å². The first-order valence-electron chi connectivity index (χ1n) is 3.84. The maximum Gasteiger partial charge on any atom is 0.0717 e. The van der Waals surface area contributed by atoms with Gasteiger partial charge in [-0.3, -0.25) is 0 Å². The molecule has 10 heavy (non-hydrogen) atoms. The number of rotatable bonds is 2. The van der Waals surface area contributed by atoms with Crippen molar-refractivity contribution in [3.8, 4) is 0 Å². The Labute approximate surface area is 64.4 Å². The third kappa shape index (κ3) is 1.73. The minimum absolute atomic E-state index is 0.392. The van der Waals surface area contributed by atoms with Gasteiger partial charge in [0.2, 0.25) is 0 Å². The zero-order valence-corrected chi connectivity index (χ0v) is 6.80. The van der Waals surface area contributed by atoms with Gasteiger partial charge in [-0.25, -0.2) is 0 Å². The lowest BCUT2D eigenvalue weighted by atomic mass is 9.85. The fourth-order valence-electron chi connectivity index (χ4n) is 1.60.